The van der Waals surface area contributed by atoms with Crippen LogP contribution in [0.15, 0.2) is 42.5 Å². The van der Waals surface area contributed by atoms with Crippen LogP contribution in [-0.4, -0.2) is 18.4 Å². The van der Waals surface area contributed by atoms with Crippen LogP contribution in [0.4, 0.5) is 24.5 Å². The summed E-state index contributed by atoms with van der Waals surface area (Å²) in [6.45, 7) is 0.116. The van der Waals surface area contributed by atoms with E-state index in [4.69, 9.17) is 23.2 Å². The fourth-order valence-electron chi connectivity index (χ4n) is 2.84. The first-order valence-electron chi connectivity index (χ1n) is 7.88. The molecule has 1 aliphatic heterocycles. The van der Waals surface area contributed by atoms with E-state index in [2.05, 4.69) is 5.32 Å². The van der Waals surface area contributed by atoms with Crippen molar-refractivity contribution in [3.63, 3.8) is 0 Å². The minimum Gasteiger partial charge on any atom is -0.326 e. The quantitative estimate of drug-likeness (QED) is 0.764. The molecule has 2 aromatic carbocycles. The van der Waals surface area contributed by atoms with Gasteiger partial charge in [0.2, 0.25) is 11.8 Å². The van der Waals surface area contributed by atoms with Crippen molar-refractivity contribution in [2.45, 2.75) is 12.6 Å². The number of rotatable bonds is 3. The number of hydrogen-bond donors (Lipinski definition) is 1. The summed E-state index contributed by atoms with van der Waals surface area (Å²) in [6.07, 6.45) is -4.68. The number of hydrogen-bond acceptors (Lipinski definition) is 2. The molecule has 3 rings (SSSR count). The number of anilines is 2. The number of nitrogens with one attached hydrogen (secondary N) is 1. The number of alkyl halides is 3. The summed E-state index contributed by atoms with van der Waals surface area (Å²) in [4.78, 5) is 26.1. The summed E-state index contributed by atoms with van der Waals surface area (Å²) < 4.78 is 38.8. The SMILES string of the molecule is O=C(Nc1ccc(Cl)c(C(F)(F)F)c1)[C@H]1CC(=O)N(c2cccc(Cl)c2)C1. The third-order valence-electron chi connectivity index (χ3n) is 4.15. The first kappa shape index (κ1) is 19.5. The number of benzene rings is 2. The lowest BCUT2D eigenvalue weighted by atomic mass is 10.1. The second-order valence-electron chi connectivity index (χ2n) is 6.07. The van der Waals surface area contributed by atoms with E-state index in [0.717, 1.165) is 12.1 Å². The first-order chi connectivity index (χ1) is 12.6. The summed E-state index contributed by atoms with van der Waals surface area (Å²) in [5.41, 5.74) is -0.510. The molecule has 142 valence electrons. The Bertz CT molecular complexity index is 902. The van der Waals surface area contributed by atoms with Crippen LogP contribution in [0.2, 0.25) is 10.0 Å². The Hall–Kier alpha value is -2.25. The topological polar surface area (TPSA) is 49.4 Å². The summed E-state index contributed by atoms with van der Waals surface area (Å²) in [5.74, 6) is -1.49. The predicted molar refractivity (Wildman–Crippen MR) is 97.0 cm³/mol. The molecule has 2 amide bonds. The van der Waals surface area contributed by atoms with Gasteiger partial charge in [0.05, 0.1) is 16.5 Å². The van der Waals surface area contributed by atoms with Gasteiger partial charge in [-0.1, -0.05) is 29.3 Å². The first-order valence-corrected chi connectivity index (χ1v) is 8.64. The number of nitrogens with zero attached hydrogens (tertiary/aromatic N) is 1. The van der Waals surface area contributed by atoms with Gasteiger partial charge < -0.3 is 10.2 Å². The Balaban J connectivity index is 1.73. The highest BCUT2D eigenvalue weighted by atomic mass is 35.5. The van der Waals surface area contributed by atoms with E-state index < -0.39 is 28.6 Å². The molecule has 0 unspecified atom stereocenters. The van der Waals surface area contributed by atoms with Crippen LogP contribution in [-0.2, 0) is 15.8 Å². The summed E-state index contributed by atoms with van der Waals surface area (Å²) in [7, 11) is 0. The predicted octanol–water partition coefficient (Wildman–Crippen LogP) is 5.00. The molecule has 9 heteroatoms. The van der Waals surface area contributed by atoms with Crippen molar-refractivity contribution in [3.8, 4) is 0 Å². The average Bonchev–Trinajstić information content (AvgIpc) is 2.97. The molecule has 4 nitrogen and oxygen atoms in total. The molecule has 0 radical (unpaired) electrons. The van der Waals surface area contributed by atoms with Gasteiger partial charge in [-0.3, -0.25) is 9.59 Å². The molecule has 27 heavy (non-hydrogen) atoms. The normalized spacial score (nSPS) is 17.3. The molecular formula is C18H13Cl2F3N2O2. The van der Waals surface area contributed by atoms with E-state index in [9.17, 15) is 22.8 Å². The average molecular weight is 417 g/mol. The van der Waals surface area contributed by atoms with Crippen LogP contribution in [0.25, 0.3) is 0 Å². The number of amides is 2. The summed E-state index contributed by atoms with van der Waals surface area (Å²) in [6, 6.07) is 9.76. The molecule has 0 aliphatic carbocycles. The lowest BCUT2D eigenvalue weighted by Gasteiger charge is -2.17. The molecule has 1 fully saturated rings. The zero-order valence-corrected chi connectivity index (χ0v) is 15.2. The van der Waals surface area contributed by atoms with Gasteiger partial charge in [0.15, 0.2) is 0 Å². The monoisotopic (exact) mass is 416 g/mol. The van der Waals surface area contributed by atoms with E-state index >= 15 is 0 Å². The molecule has 0 saturated carbocycles. The number of carbonyl (C=O) groups excluding carboxylic acids is 2. The van der Waals surface area contributed by atoms with Crippen LogP contribution in [0.5, 0.6) is 0 Å². The van der Waals surface area contributed by atoms with Crippen LogP contribution in [0.3, 0.4) is 0 Å². The molecule has 1 atom stereocenters. The number of carbonyl (C=O) groups is 2. The Morgan fingerprint density at radius 1 is 1.15 bits per heavy atom. The lowest BCUT2D eigenvalue weighted by molar-refractivity contribution is -0.137. The molecule has 0 bridgehead atoms. The summed E-state index contributed by atoms with van der Waals surface area (Å²) >= 11 is 11.5. The molecule has 1 saturated heterocycles. The third-order valence-corrected chi connectivity index (χ3v) is 4.72. The molecule has 1 heterocycles. The lowest BCUT2D eigenvalue weighted by Crippen LogP contribution is -2.28. The van der Waals surface area contributed by atoms with E-state index in [1.165, 1.54) is 11.0 Å². The van der Waals surface area contributed by atoms with Crippen LogP contribution < -0.4 is 10.2 Å². The zero-order valence-electron chi connectivity index (χ0n) is 13.7. The Labute approximate surface area is 162 Å². The maximum absolute atomic E-state index is 12.9. The molecule has 1 aliphatic rings. The second kappa shape index (κ2) is 7.40. The fraction of sp³-hybridized carbons (Fsp3) is 0.222. The van der Waals surface area contributed by atoms with Gasteiger partial charge in [-0.05, 0) is 36.4 Å². The maximum atomic E-state index is 12.9. The van der Waals surface area contributed by atoms with E-state index in [1.54, 1.807) is 24.3 Å². The van der Waals surface area contributed by atoms with Crippen molar-refractivity contribution >= 4 is 46.4 Å². The van der Waals surface area contributed by atoms with Crippen molar-refractivity contribution in [3.05, 3.63) is 58.1 Å². The maximum Gasteiger partial charge on any atom is 0.417 e. The van der Waals surface area contributed by atoms with E-state index in [-0.39, 0.29) is 24.6 Å². The van der Waals surface area contributed by atoms with Crippen molar-refractivity contribution in [1.82, 2.24) is 0 Å². The highest BCUT2D eigenvalue weighted by molar-refractivity contribution is 6.31. The van der Waals surface area contributed by atoms with Crippen LogP contribution in [0, 0.1) is 5.92 Å². The standard InChI is InChI=1S/C18H13Cl2F3N2O2/c19-11-2-1-3-13(7-11)25-9-10(6-16(25)26)17(27)24-12-4-5-15(20)14(8-12)18(21,22)23/h1-5,7-8,10H,6,9H2,(H,24,27)/t10-/m0/s1. The van der Waals surface area contributed by atoms with Gasteiger partial charge in [0, 0.05) is 29.4 Å². The van der Waals surface area contributed by atoms with Gasteiger partial charge in [0.25, 0.3) is 0 Å². The molecule has 1 N–H and O–H groups in total. The Morgan fingerprint density at radius 2 is 1.89 bits per heavy atom. The van der Waals surface area contributed by atoms with Crippen LogP contribution >= 0.6 is 23.2 Å². The van der Waals surface area contributed by atoms with Crippen molar-refractivity contribution in [1.29, 1.82) is 0 Å². The van der Waals surface area contributed by atoms with Crippen LogP contribution in [0.1, 0.15) is 12.0 Å². The van der Waals surface area contributed by atoms with Gasteiger partial charge in [-0.2, -0.15) is 13.2 Å². The van der Waals surface area contributed by atoms with Gasteiger partial charge in [-0.25, -0.2) is 0 Å². The number of halogens is 5. The Morgan fingerprint density at radius 3 is 2.56 bits per heavy atom. The third kappa shape index (κ3) is 4.36. The molecule has 2 aromatic rings. The minimum atomic E-state index is -4.63. The minimum absolute atomic E-state index is 0.0367. The van der Waals surface area contributed by atoms with Gasteiger partial charge in [0.1, 0.15) is 0 Å². The van der Waals surface area contributed by atoms with E-state index in [1.807, 2.05) is 0 Å². The molecule has 0 spiro atoms. The highest BCUT2D eigenvalue weighted by Crippen LogP contribution is 2.36. The smallest absolute Gasteiger partial charge is 0.326 e. The van der Waals surface area contributed by atoms with Crippen molar-refractivity contribution < 1.29 is 22.8 Å². The summed E-state index contributed by atoms with van der Waals surface area (Å²) in [5, 5.41) is 2.42. The largest absolute Gasteiger partial charge is 0.417 e. The van der Waals surface area contributed by atoms with Gasteiger partial charge in [-0.15, -0.1) is 0 Å². The highest BCUT2D eigenvalue weighted by Gasteiger charge is 2.36. The fourth-order valence-corrected chi connectivity index (χ4v) is 3.25. The van der Waals surface area contributed by atoms with Crippen molar-refractivity contribution in [2.24, 2.45) is 5.92 Å². The second-order valence-corrected chi connectivity index (χ2v) is 6.91. The van der Waals surface area contributed by atoms with E-state index in [0.29, 0.717) is 10.7 Å². The Kier molecular flexibility index (Phi) is 5.35. The van der Waals surface area contributed by atoms with Gasteiger partial charge >= 0.3 is 6.18 Å². The zero-order chi connectivity index (χ0) is 19.8. The molecular weight excluding hydrogens is 404 g/mol. The van der Waals surface area contributed by atoms with Crippen molar-refractivity contribution in [2.75, 3.05) is 16.8 Å². The molecule has 0 aromatic heterocycles.